The third kappa shape index (κ3) is 3.90. The Morgan fingerprint density at radius 2 is 2.08 bits per heavy atom. The van der Waals surface area contributed by atoms with Crippen molar-refractivity contribution in [2.45, 2.75) is 32.1 Å². The van der Waals surface area contributed by atoms with Crippen molar-refractivity contribution in [3.8, 4) is 5.75 Å². The van der Waals surface area contributed by atoms with E-state index >= 15 is 0 Å². The summed E-state index contributed by atoms with van der Waals surface area (Å²) in [6, 6.07) is 4.95. The number of sulfonamides is 1. The minimum atomic E-state index is -3.75. The van der Waals surface area contributed by atoms with Crippen LogP contribution in [0, 0.1) is 5.92 Å². The summed E-state index contributed by atoms with van der Waals surface area (Å²) in [7, 11) is -2.36. The molecule has 1 aromatic carbocycles. The fraction of sp³-hybridized carbons (Fsp3) is 0.444. The Morgan fingerprint density at radius 3 is 2.65 bits per heavy atom. The molecule has 8 heteroatoms. The number of aromatic nitrogens is 1. The van der Waals surface area contributed by atoms with E-state index < -0.39 is 15.9 Å². The topological polar surface area (TPSA) is 105 Å². The summed E-state index contributed by atoms with van der Waals surface area (Å²) in [6.45, 7) is 0. The van der Waals surface area contributed by atoms with Gasteiger partial charge in [-0.15, -0.1) is 0 Å². The number of rotatable bonds is 6. The van der Waals surface area contributed by atoms with Crippen LogP contribution in [0.4, 0.5) is 0 Å². The smallest absolute Gasteiger partial charge is 0.270 e. The number of hydrogen-bond donors (Lipinski definition) is 2. The summed E-state index contributed by atoms with van der Waals surface area (Å²) in [5, 5.41) is 0.725. The van der Waals surface area contributed by atoms with Gasteiger partial charge in [-0.05, 0) is 36.5 Å². The molecule has 1 saturated carbocycles. The minimum absolute atomic E-state index is 0.0121. The van der Waals surface area contributed by atoms with E-state index in [-0.39, 0.29) is 16.9 Å². The van der Waals surface area contributed by atoms with Crippen LogP contribution < -0.4 is 15.0 Å². The molecule has 0 saturated heterocycles. The lowest BCUT2D eigenvalue weighted by molar-refractivity contribution is 0.0980. The summed E-state index contributed by atoms with van der Waals surface area (Å²) in [4.78, 5) is 27.3. The van der Waals surface area contributed by atoms with Crippen molar-refractivity contribution in [1.29, 1.82) is 0 Å². The molecule has 3 rings (SSSR count). The molecule has 0 atom stereocenters. The van der Waals surface area contributed by atoms with Gasteiger partial charge in [-0.25, -0.2) is 13.1 Å². The van der Waals surface area contributed by atoms with E-state index in [0.717, 1.165) is 30.0 Å². The second kappa shape index (κ2) is 7.11. The summed E-state index contributed by atoms with van der Waals surface area (Å²) >= 11 is 0. The normalized spacial score (nSPS) is 14.8. The van der Waals surface area contributed by atoms with E-state index in [0.29, 0.717) is 11.4 Å². The summed E-state index contributed by atoms with van der Waals surface area (Å²) in [6.07, 6.45) is 6.33. The second-order valence-corrected chi connectivity index (χ2v) is 8.51. The molecule has 1 heterocycles. The lowest BCUT2D eigenvalue weighted by Gasteiger charge is -2.25. The van der Waals surface area contributed by atoms with Crippen molar-refractivity contribution in [2.75, 3.05) is 13.4 Å². The van der Waals surface area contributed by atoms with Crippen LogP contribution in [0.2, 0.25) is 0 Å². The Hall–Kier alpha value is -2.35. The van der Waals surface area contributed by atoms with Gasteiger partial charge < -0.3 is 9.72 Å². The number of carbonyl (C=O) groups is 1. The molecule has 0 aliphatic heterocycles. The third-order valence-corrected chi connectivity index (χ3v) is 5.39. The number of benzene rings is 1. The molecule has 7 nitrogen and oxygen atoms in total. The number of ether oxygens (including phenoxy) is 1. The van der Waals surface area contributed by atoms with Gasteiger partial charge in [-0.2, -0.15) is 0 Å². The number of nitrogens with one attached hydrogen (secondary N) is 2. The maximum atomic E-state index is 12.5. The zero-order valence-corrected chi connectivity index (χ0v) is 15.6. The minimum Gasteiger partial charge on any atom is -0.496 e. The van der Waals surface area contributed by atoms with Crippen LogP contribution >= 0.6 is 0 Å². The zero-order chi connectivity index (χ0) is 18.9. The van der Waals surface area contributed by atoms with Gasteiger partial charge in [0.15, 0.2) is 0 Å². The largest absolute Gasteiger partial charge is 0.496 e. The zero-order valence-electron chi connectivity index (χ0n) is 14.8. The number of aromatic amines is 1. The molecule has 0 unspecified atom stereocenters. The second-order valence-electron chi connectivity index (χ2n) is 6.76. The average molecular weight is 378 g/mol. The summed E-state index contributed by atoms with van der Waals surface area (Å²) in [5.41, 5.74) is 0.828. The highest BCUT2D eigenvalue weighted by Crippen LogP contribution is 2.33. The first kappa shape index (κ1) is 18.4. The lowest BCUT2D eigenvalue weighted by atomic mass is 9.81. The van der Waals surface area contributed by atoms with Gasteiger partial charge >= 0.3 is 0 Å². The third-order valence-electron chi connectivity index (χ3n) is 4.84. The molecule has 26 heavy (non-hydrogen) atoms. The van der Waals surface area contributed by atoms with Crippen molar-refractivity contribution in [3.63, 3.8) is 0 Å². The molecule has 0 bridgehead atoms. The van der Waals surface area contributed by atoms with E-state index in [2.05, 4.69) is 4.98 Å². The monoisotopic (exact) mass is 378 g/mol. The van der Waals surface area contributed by atoms with Crippen molar-refractivity contribution in [1.82, 2.24) is 9.71 Å². The molecule has 1 aliphatic rings. The molecule has 0 spiro atoms. The molecule has 1 fully saturated rings. The van der Waals surface area contributed by atoms with E-state index in [1.54, 1.807) is 18.2 Å². The molecular weight excluding hydrogens is 356 g/mol. The Kier molecular flexibility index (Phi) is 5.04. The lowest BCUT2D eigenvalue weighted by Crippen LogP contribution is -2.30. The van der Waals surface area contributed by atoms with Gasteiger partial charge in [-0.3, -0.25) is 9.59 Å². The Labute approximate surface area is 151 Å². The molecule has 1 aromatic heterocycles. The fourth-order valence-corrected chi connectivity index (χ4v) is 3.78. The highest BCUT2D eigenvalue weighted by Gasteiger charge is 2.22. The number of aryl methyl sites for hydroxylation is 1. The number of amides is 1. The van der Waals surface area contributed by atoms with Crippen LogP contribution in [0.5, 0.6) is 5.75 Å². The van der Waals surface area contributed by atoms with Crippen molar-refractivity contribution >= 4 is 26.8 Å². The maximum absolute atomic E-state index is 12.5. The number of H-pyrrole nitrogens is 1. The number of pyridine rings is 1. The molecular formula is C18H22N2O5S. The standard InChI is InChI=1S/C18H22N2O5S/c1-25-14-9-8-13-12(7-6-11-4-3-5-11)10-15(21)19-17(13)16(14)18(22)20-26(2,23)24/h8-11H,3-7H2,1-2H3,(H,19,21)(H,20,22). The van der Waals surface area contributed by atoms with Crippen molar-refractivity contribution in [3.05, 3.63) is 39.7 Å². The van der Waals surface area contributed by atoms with Crippen LogP contribution in [0.3, 0.4) is 0 Å². The van der Waals surface area contributed by atoms with Gasteiger partial charge in [0.05, 0.1) is 18.9 Å². The quantitative estimate of drug-likeness (QED) is 0.799. The number of fused-ring (bicyclic) bond motifs is 1. The van der Waals surface area contributed by atoms with Crippen LogP contribution in [0.25, 0.3) is 10.9 Å². The number of hydrogen-bond acceptors (Lipinski definition) is 5. The summed E-state index contributed by atoms with van der Waals surface area (Å²) in [5.74, 6) is 0.0581. The van der Waals surface area contributed by atoms with Gasteiger partial charge in [0, 0.05) is 11.5 Å². The SMILES string of the molecule is COc1ccc2c(CCC3CCC3)cc(=O)[nH]c2c1C(=O)NS(C)(=O)=O. The van der Waals surface area contributed by atoms with Gasteiger partial charge in [0.2, 0.25) is 15.6 Å². The highest BCUT2D eigenvalue weighted by molar-refractivity contribution is 7.89. The first-order valence-electron chi connectivity index (χ1n) is 8.53. The highest BCUT2D eigenvalue weighted by atomic mass is 32.2. The molecule has 2 aromatic rings. The van der Waals surface area contributed by atoms with E-state index in [9.17, 15) is 18.0 Å². The van der Waals surface area contributed by atoms with E-state index in [1.165, 1.54) is 26.4 Å². The van der Waals surface area contributed by atoms with Crippen molar-refractivity contribution < 1.29 is 17.9 Å². The molecule has 0 radical (unpaired) electrons. The van der Waals surface area contributed by atoms with Gasteiger partial charge in [-0.1, -0.05) is 19.3 Å². The number of methoxy groups -OCH3 is 1. The number of carbonyl (C=O) groups excluding carboxylic acids is 1. The molecule has 2 N–H and O–H groups in total. The fourth-order valence-electron chi connectivity index (χ4n) is 3.34. The van der Waals surface area contributed by atoms with E-state index in [1.807, 2.05) is 4.72 Å². The maximum Gasteiger partial charge on any atom is 0.270 e. The Balaban J connectivity index is 2.10. The van der Waals surface area contributed by atoms with Crippen LogP contribution in [0.1, 0.15) is 41.6 Å². The first-order valence-corrected chi connectivity index (χ1v) is 10.4. The summed E-state index contributed by atoms with van der Waals surface area (Å²) < 4.78 is 30.1. The van der Waals surface area contributed by atoms with Crippen LogP contribution in [0.15, 0.2) is 23.0 Å². The van der Waals surface area contributed by atoms with Crippen LogP contribution in [-0.4, -0.2) is 32.7 Å². The van der Waals surface area contributed by atoms with E-state index in [4.69, 9.17) is 4.74 Å². The van der Waals surface area contributed by atoms with Gasteiger partial charge in [0.1, 0.15) is 11.3 Å². The average Bonchev–Trinajstić information content (AvgIpc) is 2.50. The Bertz CT molecular complexity index is 1010. The molecule has 140 valence electrons. The first-order chi connectivity index (χ1) is 12.3. The molecule has 1 aliphatic carbocycles. The van der Waals surface area contributed by atoms with Gasteiger partial charge in [0.25, 0.3) is 5.91 Å². The predicted octanol–water partition coefficient (Wildman–Crippen LogP) is 1.96. The van der Waals surface area contributed by atoms with Crippen LogP contribution in [-0.2, 0) is 16.4 Å². The van der Waals surface area contributed by atoms with Crippen molar-refractivity contribution in [2.24, 2.45) is 5.92 Å². The molecule has 1 amide bonds. The predicted molar refractivity (Wildman–Crippen MR) is 99.1 cm³/mol. The Morgan fingerprint density at radius 1 is 1.35 bits per heavy atom.